The average Bonchev–Trinajstić information content (AvgIpc) is 2.50. The molecule has 1 aromatic carbocycles. The summed E-state index contributed by atoms with van der Waals surface area (Å²) in [7, 11) is 3.07. The number of hydrogen-bond acceptors (Lipinski definition) is 4. The number of aliphatic carboxylic acids is 1. The van der Waals surface area contributed by atoms with E-state index in [2.05, 4.69) is 5.32 Å². The van der Waals surface area contributed by atoms with E-state index in [1.165, 1.54) is 21.0 Å². The Morgan fingerprint density at radius 1 is 1.10 bits per heavy atom. The SMILES string of the molecule is COc1ccc(CNC(=O)C(C)=C(C)C(=O)O)cc1OC. The number of carbonyl (C=O) groups excluding carboxylic acids is 1. The van der Waals surface area contributed by atoms with Crippen LogP contribution in [0.1, 0.15) is 19.4 Å². The maximum Gasteiger partial charge on any atom is 0.331 e. The van der Waals surface area contributed by atoms with Crippen LogP contribution in [0, 0.1) is 0 Å². The largest absolute Gasteiger partial charge is 0.493 e. The normalized spacial score (nSPS) is 11.4. The number of nitrogens with one attached hydrogen (secondary N) is 1. The van der Waals surface area contributed by atoms with Gasteiger partial charge in [0, 0.05) is 17.7 Å². The van der Waals surface area contributed by atoms with Crippen molar-refractivity contribution in [1.29, 1.82) is 0 Å². The zero-order valence-corrected chi connectivity index (χ0v) is 12.5. The van der Waals surface area contributed by atoms with Crippen LogP contribution in [0.2, 0.25) is 0 Å². The first-order valence-corrected chi connectivity index (χ1v) is 6.30. The van der Waals surface area contributed by atoms with Gasteiger partial charge in [-0.25, -0.2) is 4.79 Å². The lowest BCUT2D eigenvalue weighted by Crippen LogP contribution is -2.25. The predicted molar refractivity (Wildman–Crippen MR) is 77.4 cm³/mol. The van der Waals surface area contributed by atoms with Gasteiger partial charge in [-0.15, -0.1) is 0 Å². The molecule has 0 unspecified atom stereocenters. The fraction of sp³-hybridized carbons (Fsp3) is 0.333. The van der Waals surface area contributed by atoms with Crippen LogP contribution in [0.25, 0.3) is 0 Å². The smallest absolute Gasteiger partial charge is 0.331 e. The molecule has 0 fully saturated rings. The fourth-order valence-corrected chi connectivity index (χ4v) is 1.64. The second kappa shape index (κ2) is 7.33. The van der Waals surface area contributed by atoms with Crippen molar-refractivity contribution in [2.45, 2.75) is 20.4 Å². The van der Waals surface area contributed by atoms with Crippen molar-refractivity contribution in [3.63, 3.8) is 0 Å². The summed E-state index contributed by atoms with van der Waals surface area (Å²) in [6, 6.07) is 5.29. The van der Waals surface area contributed by atoms with Gasteiger partial charge in [-0.1, -0.05) is 6.07 Å². The summed E-state index contributed by atoms with van der Waals surface area (Å²) in [4.78, 5) is 22.7. The van der Waals surface area contributed by atoms with E-state index in [0.717, 1.165) is 5.56 Å². The molecule has 1 amide bonds. The van der Waals surface area contributed by atoms with E-state index >= 15 is 0 Å². The van der Waals surface area contributed by atoms with Crippen molar-refractivity contribution in [3.8, 4) is 11.5 Å². The molecule has 0 aliphatic rings. The highest BCUT2D eigenvalue weighted by Crippen LogP contribution is 2.27. The topological polar surface area (TPSA) is 84.9 Å². The van der Waals surface area contributed by atoms with E-state index in [-0.39, 0.29) is 17.7 Å². The Bertz CT molecular complexity index is 577. The number of rotatable bonds is 6. The number of hydrogen-bond donors (Lipinski definition) is 2. The zero-order chi connectivity index (χ0) is 16.0. The van der Waals surface area contributed by atoms with E-state index in [9.17, 15) is 9.59 Å². The first kappa shape index (κ1) is 16.6. The van der Waals surface area contributed by atoms with Crippen LogP contribution in [0.15, 0.2) is 29.3 Å². The fourth-order valence-electron chi connectivity index (χ4n) is 1.64. The van der Waals surface area contributed by atoms with Crippen molar-refractivity contribution in [2.75, 3.05) is 14.2 Å². The molecule has 0 spiro atoms. The van der Waals surface area contributed by atoms with Crippen LogP contribution in [0.3, 0.4) is 0 Å². The summed E-state index contributed by atoms with van der Waals surface area (Å²) in [6.07, 6.45) is 0. The third-order valence-corrected chi connectivity index (χ3v) is 3.12. The van der Waals surface area contributed by atoms with Gasteiger partial charge in [0.15, 0.2) is 11.5 Å². The monoisotopic (exact) mass is 293 g/mol. The van der Waals surface area contributed by atoms with Crippen LogP contribution in [-0.2, 0) is 16.1 Å². The maximum absolute atomic E-state index is 11.9. The molecule has 1 aromatic rings. The number of carboxylic acids is 1. The standard InChI is InChI=1S/C15H19NO5/c1-9(10(2)15(18)19)14(17)16-8-11-5-6-12(20-3)13(7-11)21-4/h5-7H,8H2,1-4H3,(H,16,17)(H,18,19). The summed E-state index contributed by atoms with van der Waals surface area (Å²) in [6.45, 7) is 3.14. The van der Waals surface area contributed by atoms with Crippen molar-refractivity contribution in [2.24, 2.45) is 0 Å². The first-order chi connectivity index (χ1) is 9.90. The summed E-state index contributed by atoms with van der Waals surface area (Å²) in [5, 5.41) is 11.5. The van der Waals surface area contributed by atoms with Crippen LogP contribution in [0.5, 0.6) is 11.5 Å². The number of amides is 1. The molecule has 1 rings (SSSR count). The molecule has 6 nitrogen and oxygen atoms in total. The third kappa shape index (κ3) is 4.24. The Kier molecular flexibility index (Phi) is 5.78. The van der Waals surface area contributed by atoms with E-state index in [1.807, 2.05) is 0 Å². The molecule has 21 heavy (non-hydrogen) atoms. The second-order valence-corrected chi connectivity index (χ2v) is 4.43. The van der Waals surface area contributed by atoms with Crippen LogP contribution in [0.4, 0.5) is 0 Å². The van der Waals surface area contributed by atoms with Crippen LogP contribution in [-0.4, -0.2) is 31.2 Å². The summed E-state index contributed by atoms with van der Waals surface area (Å²) >= 11 is 0. The molecule has 0 heterocycles. The molecule has 2 N–H and O–H groups in total. The number of ether oxygens (including phenoxy) is 2. The molecular weight excluding hydrogens is 274 g/mol. The average molecular weight is 293 g/mol. The minimum absolute atomic E-state index is 0.0276. The Labute approximate surface area is 123 Å². The Balaban J connectivity index is 2.78. The van der Waals surface area contributed by atoms with Gasteiger partial charge in [0.2, 0.25) is 5.91 Å². The van der Waals surface area contributed by atoms with Gasteiger partial charge in [-0.3, -0.25) is 4.79 Å². The van der Waals surface area contributed by atoms with Crippen molar-refractivity contribution in [1.82, 2.24) is 5.32 Å². The summed E-state index contributed by atoms with van der Waals surface area (Å²) in [5.74, 6) is -0.345. The lowest BCUT2D eigenvalue weighted by molar-refractivity contribution is -0.133. The lowest BCUT2D eigenvalue weighted by atomic mass is 10.1. The minimum atomic E-state index is -1.10. The molecule has 0 radical (unpaired) electrons. The predicted octanol–water partition coefficient (Wildman–Crippen LogP) is 1.74. The molecule has 6 heteroatoms. The Hall–Kier alpha value is -2.50. The van der Waals surface area contributed by atoms with Crippen LogP contribution >= 0.6 is 0 Å². The molecule has 0 aromatic heterocycles. The van der Waals surface area contributed by atoms with E-state index in [0.29, 0.717) is 11.5 Å². The van der Waals surface area contributed by atoms with E-state index < -0.39 is 11.9 Å². The van der Waals surface area contributed by atoms with Gasteiger partial charge >= 0.3 is 5.97 Å². The highest BCUT2D eigenvalue weighted by molar-refractivity contribution is 6.01. The van der Waals surface area contributed by atoms with Gasteiger partial charge in [0.25, 0.3) is 0 Å². The van der Waals surface area contributed by atoms with Crippen molar-refractivity contribution >= 4 is 11.9 Å². The number of carbonyl (C=O) groups is 2. The molecule has 0 atom stereocenters. The molecule has 0 saturated heterocycles. The Morgan fingerprint density at radius 2 is 1.71 bits per heavy atom. The number of benzene rings is 1. The second-order valence-electron chi connectivity index (χ2n) is 4.43. The Morgan fingerprint density at radius 3 is 2.24 bits per heavy atom. The molecule has 0 saturated carbocycles. The minimum Gasteiger partial charge on any atom is -0.493 e. The van der Waals surface area contributed by atoms with Gasteiger partial charge in [-0.05, 0) is 31.5 Å². The van der Waals surface area contributed by atoms with E-state index in [1.54, 1.807) is 25.3 Å². The van der Waals surface area contributed by atoms with Gasteiger partial charge in [-0.2, -0.15) is 0 Å². The molecular formula is C15H19NO5. The lowest BCUT2D eigenvalue weighted by Gasteiger charge is -2.11. The van der Waals surface area contributed by atoms with Gasteiger partial charge in [0.05, 0.1) is 14.2 Å². The maximum atomic E-state index is 11.9. The van der Waals surface area contributed by atoms with Gasteiger partial charge < -0.3 is 19.9 Å². The highest BCUT2D eigenvalue weighted by atomic mass is 16.5. The van der Waals surface area contributed by atoms with Crippen molar-refractivity contribution in [3.05, 3.63) is 34.9 Å². The molecule has 0 aliphatic carbocycles. The summed E-state index contributed by atoms with van der Waals surface area (Å²) in [5.41, 5.74) is 1.03. The quantitative estimate of drug-likeness (QED) is 0.780. The van der Waals surface area contributed by atoms with E-state index in [4.69, 9.17) is 14.6 Å². The van der Waals surface area contributed by atoms with Crippen LogP contribution < -0.4 is 14.8 Å². The molecule has 114 valence electrons. The summed E-state index contributed by atoms with van der Waals surface area (Å²) < 4.78 is 10.3. The molecule has 0 bridgehead atoms. The molecule has 0 aliphatic heterocycles. The number of carboxylic acid groups (broad SMARTS) is 1. The first-order valence-electron chi connectivity index (χ1n) is 6.30. The zero-order valence-electron chi connectivity index (χ0n) is 12.5. The van der Waals surface area contributed by atoms with Gasteiger partial charge in [0.1, 0.15) is 0 Å². The number of methoxy groups -OCH3 is 2. The highest BCUT2D eigenvalue weighted by Gasteiger charge is 2.12. The van der Waals surface area contributed by atoms with Crippen molar-refractivity contribution < 1.29 is 24.2 Å². The third-order valence-electron chi connectivity index (χ3n) is 3.12.